The lowest BCUT2D eigenvalue weighted by Crippen LogP contribution is -2.36. The molecular weight excluding hydrogens is 328 g/mol. The second-order valence-electron chi connectivity index (χ2n) is 4.46. The SMILES string of the molecule is CN(Cc1ccc(Br)cc1)C(=O)C1CC(C(=O)O)=NO1. The van der Waals surface area contributed by atoms with E-state index in [1.807, 2.05) is 24.3 Å². The average molecular weight is 341 g/mol. The van der Waals surface area contributed by atoms with Crippen LogP contribution in [0.4, 0.5) is 0 Å². The molecule has 0 spiro atoms. The second kappa shape index (κ2) is 6.04. The Hall–Kier alpha value is -1.89. The third kappa shape index (κ3) is 3.36. The van der Waals surface area contributed by atoms with Crippen LogP contribution in [0.25, 0.3) is 0 Å². The quantitative estimate of drug-likeness (QED) is 0.903. The smallest absolute Gasteiger partial charge is 0.353 e. The van der Waals surface area contributed by atoms with E-state index in [2.05, 4.69) is 21.1 Å². The van der Waals surface area contributed by atoms with Crippen molar-refractivity contribution in [3.05, 3.63) is 34.3 Å². The minimum atomic E-state index is -1.16. The van der Waals surface area contributed by atoms with E-state index in [-0.39, 0.29) is 18.0 Å². The number of halogens is 1. The minimum Gasteiger partial charge on any atom is -0.477 e. The van der Waals surface area contributed by atoms with Crippen molar-refractivity contribution in [2.24, 2.45) is 5.16 Å². The highest BCUT2D eigenvalue weighted by Crippen LogP contribution is 2.16. The zero-order chi connectivity index (χ0) is 14.7. The van der Waals surface area contributed by atoms with Gasteiger partial charge in [-0.1, -0.05) is 33.2 Å². The lowest BCUT2D eigenvalue weighted by Gasteiger charge is -2.19. The summed E-state index contributed by atoms with van der Waals surface area (Å²) in [7, 11) is 1.65. The van der Waals surface area contributed by atoms with Gasteiger partial charge in [0, 0.05) is 24.5 Å². The van der Waals surface area contributed by atoms with Gasteiger partial charge in [0.25, 0.3) is 5.91 Å². The number of carboxylic acids is 1. The summed E-state index contributed by atoms with van der Waals surface area (Å²) in [6.45, 7) is 0.425. The summed E-state index contributed by atoms with van der Waals surface area (Å²) in [5.74, 6) is -1.44. The van der Waals surface area contributed by atoms with E-state index < -0.39 is 12.1 Å². The van der Waals surface area contributed by atoms with Gasteiger partial charge in [0.05, 0.1) is 0 Å². The first-order chi connectivity index (χ1) is 9.47. The molecule has 0 aliphatic carbocycles. The molecule has 1 unspecified atom stereocenters. The molecule has 20 heavy (non-hydrogen) atoms. The van der Waals surface area contributed by atoms with Crippen molar-refractivity contribution in [1.82, 2.24) is 4.90 Å². The zero-order valence-electron chi connectivity index (χ0n) is 10.7. The topological polar surface area (TPSA) is 79.2 Å². The molecule has 7 heteroatoms. The van der Waals surface area contributed by atoms with E-state index in [1.54, 1.807) is 7.05 Å². The maximum absolute atomic E-state index is 12.1. The van der Waals surface area contributed by atoms with Crippen LogP contribution in [-0.4, -0.2) is 40.7 Å². The summed E-state index contributed by atoms with van der Waals surface area (Å²) in [6.07, 6.45) is -0.847. The zero-order valence-corrected chi connectivity index (χ0v) is 12.3. The van der Waals surface area contributed by atoms with Crippen LogP contribution < -0.4 is 0 Å². The van der Waals surface area contributed by atoms with Crippen molar-refractivity contribution < 1.29 is 19.5 Å². The number of hydrogen-bond donors (Lipinski definition) is 1. The van der Waals surface area contributed by atoms with Gasteiger partial charge in [-0.05, 0) is 17.7 Å². The molecule has 1 N–H and O–H groups in total. The number of carbonyl (C=O) groups excluding carboxylic acids is 1. The summed E-state index contributed by atoms with van der Waals surface area (Å²) in [5.41, 5.74) is 0.849. The molecule has 1 aliphatic rings. The standard InChI is InChI=1S/C13H13BrN2O4/c1-16(7-8-2-4-9(14)5-3-8)12(17)11-6-10(13(18)19)15-20-11/h2-5,11H,6-7H2,1H3,(H,18,19). The van der Waals surface area contributed by atoms with Crippen molar-refractivity contribution in [1.29, 1.82) is 0 Å². The summed E-state index contributed by atoms with van der Waals surface area (Å²) >= 11 is 3.34. The third-order valence-electron chi connectivity index (χ3n) is 2.90. The van der Waals surface area contributed by atoms with E-state index in [0.717, 1.165) is 10.0 Å². The predicted octanol–water partition coefficient (Wildman–Crippen LogP) is 1.64. The summed E-state index contributed by atoms with van der Waals surface area (Å²) < 4.78 is 0.967. The number of oxime groups is 1. The van der Waals surface area contributed by atoms with E-state index in [1.165, 1.54) is 4.90 Å². The van der Waals surface area contributed by atoms with E-state index in [0.29, 0.717) is 6.54 Å². The van der Waals surface area contributed by atoms with Crippen molar-refractivity contribution in [3.63, 3.8) is 0 Å². The molecule has 1 aromatic carbocycles. The summed E-state index contributed by atoms with van der Waals surface area (Å²) in [6, 6.07) is 7.60. The van der Waals surface area contributed by atoms with E-state index in [9.17, 15) is 9.59 Å². The van der Waals surface area contributed by atoms with Crippen LogP contribution in [0.15, 0.2) is 33.9 Å². The Morgan fingerprint density at radius 2 is 2.10 bits per heavy atom. The Kier molecular flexibility index (Phi) is 4.39. The van der Waals surface area contributed by atoms with Gasteiger partial charge in [-0.15, -0.1) is 0 Å². The fourth-order valence-corrected chi connectivity index (χ4v) is 2.09. The van der Waals surface area contributed by atoms with Gasteiger partial charge in [0.2, 0.25) is 6.10 Å². The first-order valence-electron chi connectivity index (χ1n) is 5.93. The number of nitrogens with zero attached hydrogens (tertiary/aromatic N) is 2. The van der Waals surface area contributed by atoms with Gasteiger partial charge >= 0.3 is 5.97 Å². The molecular formula is C13H13BrN2O4. The summed E-state index contributed by atoms with van der Waals surface area (Å²) in [5, 5.41) is 12.2. The maximum Gasteiger partial charge on any atom is 0.353 e. The van der Waals surface area contributed by atoms with Crippen molar-refractivity contribution in [2.75, 3.05) is 7.05 Å². The molecule has 0 radical (unpaired) electrons. The maximum atomic E-state index is 12.1. The van der Waals surface area contributed by atoms with Gasteiger partial charge in [0.1, 0.15) is 0 Å². The van der Waals surface area contributed by atoms with Gasteiger partial charge in [0.15, 0.2) is 5.71 Å². The van der Waals surface area contributed by atoms with Gasteiger partial charge in [-0.2, -0.15) is 0 Å². The molecule has 106 valence electrons. The van der Waals surface area contributed by atoms with Crippen LogP contribution in [0.1, 0.15) is 12.0 Å². The summed E-state index contributed by atoms with van der Waals surface area (Å²) in [4.78, 5) is 29.2. The molecule has 1 heterocycles. The minimum absolute atomic E-state index is 0.00115. The van der Waals surface area contributed by atoms with Crippen LogP contribution in [0.5, 0.6) is 0 Å². The van der Waals surface area contributed by atoms with Crippen LogP contribution >= 0.6 is 15.9 Å². The molecule has 0 aromatic heterocycles. The van der Waals surface area contributed by atoms with Crippen LogP contribution in [0, 0.1) is 0 Å². The normalized spacial score (nSPS) is 17.3. The highest BCUT2D eigenvalue weighted by molar-refractivity contribution is 9.10. The van der Waals surface area contributed by atoms with Crippen LogP contribution in [0.2, 0.25) is 0 Å². The largest absolute Gasteiger partial charge is 0.477 e. The van der Waals surface area contributed by atoms with Crippen molar-refractivity contribution in [3.8, 4) is 0 Å². The molecule has 0 fully saturated rings. The first-order valence-corrected chi connectivity index (χ1v) is 6.72. The molecule has 2 rings (SSSR count). The first kappa shape index (κ1) is 14.5. The lowest BCUT2D eigenvalue weighted by atomic mass is 10.1. The second-order valence-corrected chi connectivity index (χ2v) is 5.38. The highest BCUT2D eigenvalue weighted by Gasteiger charge is 2.33. The third-order valence-corrected chi connectivity index (χ3v) is 3.43. The number of hydrogen-bond acceptors (Lipinski definition) is 4. The molecule has 0 saturated carbocycles. The Morgan fingerprint density at radius 3 is 2.65 bits per heavy atom. The molecule has 6 nitrogen and oxygen atoms in total. The number of benzene rings is 1. The Balaban J connectivity index is 1.93. The fourth-order valence-electron chi connectivity index (χ4n) is 1.82. The number of amides is 1. The highest BCUT2D eigenvalue weighted by atomic mass is 79.9. The number of carboxylic acid groups (broad SMARTS) is 1. The Bertz CT molecular complexity index is 556. The number of rotatable bonds is 4. The molecule has 1 amide bonds. The predicted molar refractivity (Wildman–Crippen MR) is 75.2 cm³/mol. The Labute approximate surface area is 124 Å². The molecule has 1 aliphatic heterocycles. The van der Waals surface area contributed by atoms with E-state index in [4.69, 9.17) is 9.94 Å². The number of likely N-dealkylation sites (N-methyl/N-ethyl adjacent to an activating group) is 1. The molecule has 1 aromatic rings. The Morgan fingerprint density at radius 1 is 1.45 bits per heavy atom. The number of carbonyl (C=O) groups is 2. The molecule has 1 atom stereocenters. The van der Waals surface area contributed by atoms with Gasteiger partial charge in [-0.25, -0.2) is 4.79 Å². The monoisotopic (exact) mass is 340 g/mol. The van der Waals surface area contributed by atoms with E-state index >= 15 is 0 Å². The van der Waals surface area contributed by atoms with Crippen molar-refractivity contribution in [2.45, 2.75) is 19.1 Å². The number of aliphatic carboxylic acids is 1. The van der Waals surface area contributed by atoms with Crippen molar-refractivity contribution >= 4 is 33.5 Å². The molecule has 0 saturated heterocycles. The van der Waals surface area contributed by atoms with Crippen LogP contribution in [-0.2, 0) is 21.0 Å². The molecule has 0 bridgehead atoms. The fraction of sp³-hybridized carbons (Fsp3) is 0.308. The van der Waals surface area contributed by atoms with Gasteiger partial charge < -0.3 is 14.8 Å². The lowest BCUT2D eigenvalue weighted by molar-refractivity contribution is -0.141. The van der Waals surface area contributed by atoms with Crippen LogP contribution in [0.3, 0.4) is 0 Å². The average Bonchev–Trinajstić information content (AvgIpc) is 2.90. The van der Waals surface area contributed by atoms with Gasteiger partial charge in [-0.3, -0.25) is 4.79 Å².